The lowest BCUT2D eigenvalue weighted by Gasteiger charge is -2.60. The zero-order valence-corrected chi connectivity index (χ0v) is 19.1. The molecule has 4 aliphatic rings. The van der Waals surface area contributed by atoms with E-state index >= 15 is 0 Å². The molecule has 3 saturated carbocycles. The summed E-state index contributed by atoms with van der Waals surface area (Å²) >= 11 is 0. The number of esters is 1. The second-order valence-electron chi connectivity index (χ2n) is 10.3. The summed E-state index contributed by atoms with van der Waals surface area (Å²) in [5.74, 6) is -0.831. The summed E-state index contributed by atoms with van der Waals surface area (Å²) in [5, 5.41) is 10.8. The summed E-state index contributed by atoms with van der Waals surface area (Å²) in [6.45, 7) is 7.11. The van der Waals surface area contributed by atoms with Crippen LogP contribution in [0.1, 0.15) is 66.2 Å². The number of fused-ring (bicyclic) bond motifs is 5. The molecule has 4 rings (SSSR count). The summed E-state index contributed by atoms with van der Waals surface area (Å²) in [6.07, 6.45) is 7.28. The Morgan fingerprint density at radius 1 is 1.28 bits per heavy atom. The molecule has 4 aliphatic carbocycles. The van der Waals surface area contributed by atoms with Crippen LogP contribution in [0.4, 0.5) is 0 Å². The average molecular weight is 446 g/mol. The maximum absolute atomic E-state index is 13.0. The lowest BCUT2D eigenvalue weighted by molar-refractivity contribution is -0.773. The third-order valence-electron chi connectivity index (χ3n) is 8.96. The minimum absolute atomic E-state index is 0.0419. The fraction of sp³-hybridized carbons (Fsp3) is 0.708. The largest absolute Gasteiger partial charge is 0.450 e. The molecule has 0 radical (unpaired) electrons. The van der Waals surface area contributed by atoms with Crippen molar-refractivity contribution in [3.8, 4) is 0 Å². The van der Waals surface area contributed by atoms with Crippen LogP contribution in [0, 0.1) is 38.7 Å². The maximum atomic E-state index is 13.0. The van der Waals surface area contributed by atoms with Crippen molar-refractivity contribution >= 4 is 17.5 Å². The van der Waals surface area contributed by atoms with E-state index in [1.807, 2.05) is 19.9 Å². The Hall–Kier alpha value is -2.51. The van der Waals surface area contributed by atoms with Crippen molar-refractivity contribution in [2.24, 2.45) is 28.6 Å². The fourth-order valence-corrected chi connectivity index (χ4v) is 7.57. The highest BCUT2D eigenvalue weighted by molar-refractivity contribution is 6.01. The molecule has 0 aromatic rings. The first-order chi connectivity index (χ1) is 15.0. The van der Waals surface area contributed by atoms with Crippen molar-refractivity contribution in [2.45, 2.75) is 77.9 Å². The Balaban J connectivity index is 1.81. The number of Topliss-reactive ketones (excluding diaryl/α,β-unsaturated/α-hetero) is 1. The van der Waals surface area contributed by atoms with Crippen LogP contribution in [0.25, 0.3) is 0 Å². The van der Waals surface area contributed by atoms with Crippen molar-refractivity contribution < 1.29 is 29.0 Å². The molecular formula is C24H31NO7. The number of ketones is 2. The van der Waals surface area contributed by atoms with Gasteiger partial charge < -0.3 is 9.57 Å². The van der Waals surface area contributed by atoms with Gasteiger partial charge in [0.25, 0.3) is 5.09 Å². The molecule has 174 valence electrons. The van der Waals surface area contributed by atoms with Crippen LogP contribution >= 0.6 is 0 Å². The zero-order chi connectivity index (χ0) is 23.5. The van der Waals surface area contributed by atoms with Crippen molar-refractivity contribution in [1.82, 2.24) is 0 Å². The lowest BCUT2D eigenvalue weighted by atomic mass is 9.46. The highest BCUT2D eigenvalue weighted by Crippen LogP contribution is 2.68. The molecule has 0 aromatic carbocycles. The van der Waals surface area contributed by atoms with Crippen molar-refractivity contribution in [1.29, 1.82) is 0 Å². The molecule has 0 heterocycles. The van der Waals surface area contributed by atoms with Gasteiger partial charge in [-0.3, -0.25) is 14.4 Å². The molecule has 0 saturated heterocycles. The Morgan fingerprint density at radius 2 is 2.00 bits per heavy atom. The van der Waals surface area contributed by atoms with Crippen LogP contribution in [-0.4, -0.2) is 34.3 Å². The third-order valence-corrected chi connectivity index (χ3v) is 8.96. The third kappa shape index (κ3) is 3.05. The summed E-state index contributed by atoms with van der Waals surface area (Å²) in [4.78, 5) is 54.2. The van der Waals surface area contributed by atoms with Gasteiger partial charge in [-0.15, -0.1) is 10.1 Å². The van der Waals surface area contributed by atoms with E-state index in [9.17, 15) is 24.5 Å². The van der Waals surface area contributed by atoms with Crippen LogP contribution in [0.2, 0.25) is 0 Å². The number of hydrogen-bond donors (Lipinski definition) is 0. The smallest absolute Gasteiger partial charge is 0.306 e. The van der Waals surface area contributed by atoms with Crippen LogP contribution in [-0.2, 0) is 24.0 Å². The second-order valence-corrected chi connectivity index (χ2v) is 10.3. The SMILES string of the molecule is CCC(=O)O[C@]1(C(C)=O)CC[C@H]2[C@@H]3CCC4=CC(=O)C=C[C@]4(C)[C@H]3C(O[N+](=O)[O-])C[C@@]21C. The topological polar surface area (TPSA) is 113 Å². The molecule has 3 fully saturated rings. The number of allylic oxidation sites excluding steroid dienone is 4. The van der Waals surface area contributed by atoms with Gasteiger partial charge in [-0.1, -0.05) is 32.4 Å². The number of carbonyl (C=O) groups is 3. The summed E-state index contributed by atoms with van der Waals surface area (Å²) in [5.41, 5.74) is -1.61. The maximum Gasteiger partial charge on any atom is 0.306 e. The highest BCUT2D eigenvalue weighted by atomic mass is 17.0. The van der Waals surface area contributed by atoms with Crippen LogP contribution in [0.5, 0.6) is 0 Å². The Labute approximate surface area is 187 Å². The molecule has 0 bridgehead atoms. The van der Waals surface area contributed by atoms with Crippen LogP contribution in [0.15, 0.2) is 23.8 Å². The average Bonchev–Trinajstić information content (AvgIpc) is 3.00. The van der Waals surface area contributed by atoms with E-state index in [0.29, 0.717) is 19.3 Å². The molecule has 32 heavy (non-hydrogen) atoms. The molecule has 7 atom stereocenters. The minimum atomic E-state index is -1.30. The predicted molar refractivity (Wildman–Crippen MR) is 114 cm³/mol. The van der Waals surface area contributed by atoms with Crippen LogP contribution in [0.3, 0.4) is 0 Å². The first-order valence-electron chi connectivity index (χ1n) is 11.5. The quantitative estimate of drug-likeness (QED) is 0.360. The van der Waals surface area contributed by atoms with Crippen molar-refractivity contribution in [2.75, 3.05) is 0 Å². The van der Waals surface area contributed by atoms with Gasteiger partial charge in [0.2, 0.25) is 0 Å². The first kappa shape index (κ1) is 22.7. The number of nitrogens with zero attached hydrogens (tertiary/aromatic N) is 1. The molecule has 8 nitrogen and oxygen atoms in total. The van der Waals surface area contributed by atoms with Gasteiger partial charge in [-0.25, -0.2) is 0 Å². The van der Waals surface area contributed by atoms with Gasteiger partial charge in [0, 0.05) is 23.2 Å². The summed E-state index contributed by atoms with van der Waals surface area (Å²) in [7, 11) is 0. The molecular weight excluding hydrogens is 414 g/mol. The monoisotopic (exact) mass is 445 g/mol. The number of rotatable bonds is 5. The van der Waals surface area contributed by atoms with E-state index in [1.54, 1.807) is 19.1 Å². The predicted octanol–water partition coefficient (Wildman–Crippen LogP) is 3.76. The summed E-state index contributed by atoms with van der Waals surface area (Å²) < 4.78 is 5.88. The standard InChI is InChI=1S/C24H31NO7/c1-5-20(28)31-24(14(2)26)11-9-18-17-7-6-15-12-16(27)8-10-22(15,3)21(17)19(32-25(29)30)13-23(18,24)4/h8,10,12,17-19,21H,5-7,9,11,13H2,1-4H3/t17-,18-,19?,21+,22-,23-,24-/m0/s1. The molecule has 0 aromatic heterocycles. The summed E-state index contributed by atoms with van der Waals surface area (Å²) in [6, 6.07) is 0. The Bertz CT molecular complexity index is 939. The van der Waals surface area contributed by atoms with Gasteiger partial charge >= 0.3 is 5.97 Å². The second kappa shape index (κ2) is 7.52. The molecule has 1 unspecified atom stereocenters. The van der Waals surface area contributed by atoms with Gasteiger partial charge in [0.1, 0.15) is 6.10 Å². The molecule has 0 amide bonds. The molecule has 0 aliphatic heterocycles. The van der Waals surface area contributed by atoms with E-state index in [1.165, 1.54) is 6.92 Å². The van der Waals surface area contributed by atoms with Gasteiger partial charge in [0.15, 0.2) is 17.2 Å². The molecule has 0 N–H and O–H groups in total. The zero-order valence-electron chi connectivity index (χ0n) is 19.1. The van der Waals surface area contributed by atoms with E-state index in [2.05, 4.69) is 0 Å². The number of hydrogen-bond acceptors (Lipinski definition) is 7. The van der Waals surface area contributed by atoms with E-state index in [4.69, 9.17) is 9.57 Å². The highest BCUT2D eigenvalue weighted by Gasteiger charge is 2.70. The molecule has 0 spiro atoms. The van der Waals surface area contributed by atoms with E-state index in [-0.39, 0.29) is 42.2 Å². The molecule has 8 heteroatoms. The van der Waals surface area contributed by atoms with E-state index in [0.717, 1.165) is 12.0 Å². The Morgan fingerprint density at radius 3 is 2.62 bits per heavy atom. The Kier molecular flexibility index (Phi) is 5.33. The normalized spacial score (nSPS) is 42.2. The van der Waals surface area contributed by atoms with Crippen molar-refractivity contribution in [3.63, 3.8) is 0 Å². The lowest BCUT2D eigenvalue weighted by Crippen LogP contribution is -2.62. The van der Waals surface area contributed by atoms with Gasteiger partial charge in [-0.2, -0.15) is 0 Å². The van der Waals surface area contributed by atoms with Crippen LogP contribution < -0.4 is 0 Å². The fourth-order valence-electron chi connectivity index (χ4n) is 7.57. The van der Waals surface area contributed by atoms with Gasteiger partial charge in [0.05, 0.1) is 0 Å². The first-order valence-corrected chi connectivity index (χ1v) is 11.5. The minimum Gasteiger partial charge on any atom is -0.450 e. The van der Waals surface area contributed by atoms with E-state index < -0.39 is 33.6 Å². The van der Waals surface area contributed by atoms with Gasteiger partial charge in [-0.05, 0) is 63.0 Å². The number of ether oxygens (including phenoxy) is 1. The number of carbonyl (C=O) groups excluding carboxylic acids is 3. The van der Waals surface area contributed by atoms with Crippen molar-refractivity contribution in [3.05, 3.63) is 33.9 Å².